The van der Waals surface area contributed by atoms with E-state index in [9.17, 15) is 4.79 Å². The number of hydrogen-bond donors (Lipinski definition) is 1. The summed E-state index contributed by atoms with van der Waals surface area (Å²) in [6, 6.07) is 5.41. The van der Waals surface area contributed by atoms with Gasteiger partial charge in [0.05, 0.1) is 7.11 Å². The second-order valence-electron chi connectivity index (χ2n) is 3.59. The molecule has 0 spiro atoms. The third kappa shape index (κ3) is 5.39. The fourth-order valence-corrected chi connectivity index (χ4v) is 1.82. The normalized spacial score (nSPS) is 10.3. The van der Waals surface area contributed by atoms with Gasteiger partial charge in [0.15, 0.2) is 0 Å². The smallest absolute Gasteiger partial charge is 0.305 e. The second kappa shape index (κ2) is 7.54. The molecular formula is C12H15Cl2NO2. The van der Waals surface area contributed by atoms with Gasteiger partial charge in [0.2, 0.25) is 0 Å². The fourth-order valence-electron chi connectivity index (χ4n) is 1.35. The first-order valence-corrected chi connectivity index (χ1v) is 6.10. The van der Waals surface area contributed by atoms with Gasteiger partial charge in [-0.05, 0) is 30.7 Å². The van der Waals surface area contributed by atoms with Gasteiger partial charge >= 0.3 is 5.97 Å². The molecule has 0 aromatic heterocycles. The minimum absolute atomic E-state index is 0.184. The third-order valence-electron chi connectivity index (χ3n) is 2.29. The summed E-state index contributed by atoms with van der Waals surface area (Å²) in [5, 5.41) is 4.49. The van der Waals surface area contributed by atoms with E-state index in [1.807, 2.05) is 6.07 Å². The number of ether oxygens (including phenoxy) is 1. The van der Waals surface area contributed by atoms with Gasteiger partial charge in [0, 0.05) is 23.0 Å². The topological polar surface area (TPSA) is 38.3 Å². The summed E-state index contributed by atoms with van der Waals surface area (Å²) in [5.41, 5.74) is 0.995. The van der Waals surface area contributed by atoms with E-state index in [-0.39, 0.29) is 5.97 Å². The van der Waals surface area contributed by atoms with Crippen LogP contribution in [0.3, 0.4) is 0 Å². The molecular weight excluding hydrogens is 261 g/mol. The van der Waals surface area contributed by atoms with Crippen molar-refractivity contribution in [3.05, 3.63) is 33.8 Å². The molecule has 5 heteroatoms. The molecule has 0 atom stereocenters. The molecule has 0 aliphatic heterocycles. The number of rotatable bonds is 6. The highest BCUT2D eigenvalue weighted by Gasteiger charge is 2.02. The molecule has 0 saturated heterocycles. The Morgan fingerprint density at radius 2 is 2.18 bits per heavy atom. The number of carbonyl (C=O) groups is 1. The van der Waals surface area contributed by atoms with Crippen molar-refractivity contribution in [3.8, 4) is 0 Å². The molecule has 94 valence electrons. The van der Waals surface area contributed by atoms with Crippen molar-refractivity contribution in [1.29, 1.82) is 0 Å². The van der Waals surface area contributed by atoms with Gasteiger partial charge in [-0.3, -0.25) is 4.79 Å². The molecule has 0 radical (unpaired) electrons. The van der Waals surface area contributed by atoms with E-state index in [0.717, 1.165) is 18.5 Å². The summed E-state index contributed by atoms with van der Waals surface area (Å²) < 4.78 is 4.54. The summed E-state index contributed by atoms with van der Waals surface area (Å²) in [5.74, 6) is -0.184. The van der Waals surface area contributed by atoms with Crippen LogP contribution in [0.5, 0.6) is 0 Å². The average Bonchev–Trinajstić information content (AvgIpc) is 2.30. The Labute approximate surface area is 111 Å². The largest absolute Gasteiger partial charge is 0.469 e. The minimum atomic E-state index is -0.184. The van der Waals surface area contributed by atoms with Crippen LogP contribution in [0.1, 0.15) is 18.4 Å². The number of halogens is 2. The van der Waals surface area contributed by atoms with Crippen molar-refractivity contribution < 1.29 is 9.53 Å². The second-order valence-corrected chi connectivity index (χ2v) is 4.44. The van der Waals surface area contributed by atoms with Gasteiger partial charge in [-0.1, -0.05) is 29.3 Å². The van der Waals surface area contributed by atoms with Gasteiger partial charge in [0.1, 0.15) is 0 Å². The molecule has 0 bridgehead atoms. The quantitative estimate of drug-likeness (QED) is 0.641. The Balaban J connectivity index is 2.24. The standard InChI is InChI=1S/C12H15Cl2NO2/c1-17-12(16)3-2-6-15-8-9-4-5-10(13)7-11(9)14/h4-5,7,15H,2-3,6,8H2,1H3. The highest BCUT2D eigenvalue weighted by atomic mass is 35.5. The van der Waals surface area contributed by atoms with Gasteiger partial charge in [-0.25, -0.2) is 0 Å². The Kier molecular flexibility index (Phi) is 6.34. The molecule has 0 aliphatic carbocycles. The first kappa shape index (κ1) is 14.3. The van der Waals surface area contributed by atoms with E-state index >= 15 is 0 Å². The molecule has 0 fully saturated rings. The van der Waals surface area contributed by atoms with Crippen molar-refractivity contribution in [2.24, 2.45) is 0 Å². The highest BCUT2D eigenvalue weighted by molar-refractivity contribution is 6.35. The van der Waals surface area contributed by atoms with Crippen LogP contribution >= 0.6 is 23.2 Å². The van der Waals surface area contributed by atoms with E-state index in [1.165, 1.54) is 7.11 Å². The first-order valence-electron chi connectivity index (χ1n) is 5.35. The summed E-state index contributed by atoms with van der Waals surface area (Å²) in [6.07, 6.45) is 1.18. The van der Waals surface area contributed by atoms with Crippen molar-refractivity contribution in [2.45, 2.75) is 19.4 Å². The molecule has 0 heterocycles. The van der Waals surface area contributed by atoms with Gasteiger partial charge < -0.3 is 10.1 Å². The van der Waals surface area contributed by atoms with E-state index in [1.54, 1.807) is 12.1 Å². The molecule has 0 amide bonds. The molecule has 17 heavy (non-hydrogen) atoms. The Morgan fingerprint density at radius 1 is 1.41 bits per heavy atom. The van der Waals surface area contributed by atoms with E-state index in [4.69, 9.17) is 23.2 Å². The molecule has 1 N–H and O–H groups in total. The molecule has 0 unspecified atom stereocenters. The maximum absolute atomic E-state index is 10.9. The van der Waals surface area contributed by atoms with Crippen molar-refractivity contribution >= 4 is 29.2 Å². The van der Waals surface area contributed by atoms with E-state index < -0.39 is 0 Å². The molecule has 0 aliphatic rings. The predicted molar refractivity (Wildman–Crippen MR) is 69.4 cm³/mol. The lowest BCUT2D eigenvalue weighted by molar-refractivity contribution is -0.140. The van der Waals surface area contributed by atoms with Gasteiger partial charge in [-0.15, -0.1) is 0 Å². The van der Waals surface area contributed by atoms with Crippen LogP contribution in [0.2, 0.25) is 10.0 Å². The summed E-state index contributed by atoms with van der Waals surface area (Å²) >= 11 is 11.8. The number of carbonyl (C=O) groups excluding carboxylic acids is 1. The zero-order chi connectivity index (χ0) is 12.7. The van der Waals surface area contributed by atoms with Crippen molar-refractivity contribution in [3.63, 3.8) is 0 Å². The zero-order valence-corrected chi connectivity index (χ0v) is 11.1. The lowest BCUT2D eigenvalue weighted by Crippen LogP contribution is -2.16. The Morgan fingerprint density at radius 3 is 2.82 bits per heavy atom. The Hall–Kier alpha value is -0.770. The summed E-state index contributed by atoms with van der Waals surface area (Å²) in [4.78, 5) is 10.9. The average molecular weight is 276 g/mol. The lowest BCUT2D eigenvalue weighted by Gasteiger charge is -2.06. The van der Waals surface area contributed by atoms with Crippen LogP contribution in [0.4, 0.5) is 0 Å². The number of nitrogens with one attached hydrogen (secondary N) is 1. The third-order valence-corrected chi connectivity index (χ3v) is 2.88. The maximum atomic E-state index is 10.9. The molecule has 1 aromatic carbocycles. The Bertz CT molecular complexity index is 383. The van der Waals surface area contributed by atoms with Crippen LogP contribution in [-0.4, -0.2) is 19.6 Å². The van der Waals surface area contributed by atoms with Crippen molar-refractivity contribution in [1.82, 2.24) is 5.32 Å². The zero-order valence-electron chi connectivity index (χ0n) is 9.63. The first-order chi connectivity index (χ1) is 8.13. The number of hydrogen-bond acceptors (Lipinski definition) is 3. The van der Waals surface area contributed by atoms with Crippen LogP contribution in [0.25, 0.3) is 0 Å². The molecule has 1 rings (SSSR count). The van der Waals surface area contributed by atoms with Crippen LogP contribution < -0.4 is 5.32 Å². The van der Waals surface area contributed by atoms with Gasteiger partial charge in [0.25, 0.3) is 0 Å². The fraction of sp³-hybridized carbons (Fsp3) is 0.417. The molecule has 3 nitrogen and oxygen atoms in total. The SMILES string of the molecule is COC(=O)CCCNCc1ccc(Cl)cc1Cl. The number of methoxy groups -OCH3 is 1. The lowest BCUT2D eigenvalue weighted by atomic mass is 10.2. The summed E-state index contributed by atoms with van der Waals surface area (Å²) in [6.45, 7) is 1.41. The van der Waals surface area contributed by atoms with Crippen LogP contribution in [0.15, 0.2) is 18.2 Å². The monoisotopic (exact) mass is 275 g/mol. The molecule has 1 aromatic rings. The highest BCUT2D eigenvalue weighted by Crippen LogP contribution is 2.20. The van der Waals surface area contributed by atoms with E-state index in [2.05, 4.69) is 10.1 Å². The number of esters is 1. The van der Waals surface area contributed by atoms with Crippen LogP contribution in [0, 0.1) is 0 Å². The summed E-state index contributed by atoms with van der Waals surface area (Å²) in [7, 11) is 1.39. The predicted octanol–water partition coefficient (Wildman–Crippen LogP) is 3.04. The molecule has 0 saturated carbocycles. The minimum Gasteiger partial charge on any atom is -0.469 e. The van der Waals surface area contributed by atoms with Gasteiger partial charge in [-0.2, -0.15) is 0 Å². The van der Waals surface area contributed by atoms with E-state index in [0.29, 0.717) is 23.0 Å². The van der Waals surface area contributed by atoms with Crippen molar-refractivity contribution in [2.75, 3.05) is 13.7 Å². The number of benzene rings is 1. The van der Waals surface area contributed by atoms with Crippen LogP contribution in [-0.2, 0) is 16.1 Å². The maximum Gasteiger partial charge on any atom is 0.305 e.